The van der Waals surface area contributed by atoms with E-state index in [2.05, 4.69) is 52.1 Å². The van der Waals surface area contributed by atoms with Crippen molar-refractivity contribution in [1.29, 1.82) is 0 Å². The van der Waals surface area contributed by atoms with Crippen LogP contribution in [0.5, 0.6) is 5.75 Å². The van der Waals surface area contributed by atoms with Crippen LogP contribution in [0.2, 0.25) is 0 Å². The van der Waals surface area contributed by atoms with E-state index in [1.807, 2.05) is 0 Å². The fourth-order valence-electron chi connectivity index (χ4n) is 2.18. The summed E-state index contributed by atoms with van der Waals surface area (Å²) in [6.07, 6.45) is 2.13. The largest absolute Gasteiger partial charge is 0.493 e. The van der Waals surface area contributed by atoms with Crippen LogP contribution >= 0.6 is 11.3 Å². The maximum Gasteiger partial charge on any atom is 0.183 e. The molecule has 0 radical (unpaired) electrons. The van der Waals surface area contributed by atoms with Gasteiger partial charge in [0.1, 0.15) is 5.75 Å². The van der Waals surface area contributed by atoms with E-state index in [1.54, 1.807) is 11.3 Å². The molecule has 0 aliphatic rings. The molecule has 1 heterocycles. The maximum atomic E-state index is 5.97. The maximum absolute atomic E-state index is 5.97. The summed E-state index contributed by atoms with van der Waals surface area (Å²) in [6, 6.07) is 4.34. The average Bonchev–Trinajstić information content (AvgIpc) is 2.82. The van der Waals surface area contributed by atoms with E-state index in [1.165, 1.54) is 10.3 Å². The van der Waals surface area contributed by atoms with E-state index in [0.717, 1.165) is 42.4 Å². The third-order valence-corrected chi connectivity index (χ3v) is 4.26. The number of hydrogen-bond donors (Lipinski definition) is 1. The van der Waals surface area contributed by atoms with Gasteiger partial charge in [0.15, 0.2) is 5.13 Å². The number of thiazole rings is 1. The third kappa shape index (κ3) is 3.88. The number of nitrogens with zero attached hydrogens (tertiary/aromatic N) is 1. The van der Waals surface area contributed by atoms with E-state index in [-0.39, 0.29) is 5.41 Å². The monoisotopic (exact) mass is 306 g/mol. The molecule has 2 rings (SSSR count). The van der Waals surface area contributed by atoms with Gasteiger partial charge in [-0.3, -0.25) is 0 Å². The van der Waals surface area contributed by atoms with Crippen LogP contribution in [-0.2, 0) is 5.41 Å². The molecule has 0 atom stereocenters. The van der Waals surface area contributed by atoms with E-state index >= 15 is 0 Å². The molecular formula is C17H26N2OS. The highest BCUT2D eigenvalue weighted by Gasteiger charge is 2.21. The Kier molecular flexibility index (Phi) is 5.09. The van der Waals surface area contributed by atoms with Crippen molar-refractivity contribution in [2.45, 2.75) is 52.9 Å². The summed E-state index contributed by atoms with van der Waals surface area (Å²) >= 11 is 1.70. The van der Waals surface area contributed by atoms with E-state index in [0.29, 0.717) is 0 Å². The van der Waals surface area contributed by atoms with E-state index in [9.17, 15) is 0 Å². The van der Waals surface area contributed by atoms with Crippen molar-refractivity contribution >= 4 is 26.7 Å². The van der Waals surface area contributed by atoms with Gasteiger partial charge in [0, 0.05) is 12.1 Å². The number of aromatic nitrogens is 1. The van der Waals surface area contributed by atoms with Crippen molar-refractivity contribution in [2.75, 3.05) is 18.5 Å². The summed E-state index contributed by atoms with van der Waals surface area (Å²) in [4.78, 5) is 4.70. The van der Waals surface area contributed by atoms with Gasteiger partial charge in [-0.05, 0) is 30.4 Å². The number of ether oxygens (including phenoxy) is 1. The Labute approximate surface area is 131 Å². The number of nitrogens with one attached hydrogen (secondary N) is 1. The number of hydrogen-bond acceptors (Lipinski definition) is 4. The minimum Gasteiger partial charge on any atom is -0.493 e. The molecule has 1 aromatic carbocycles. The smallest absolute Gasteiger partial charge is 0.183 e. The van der Waals surface area contributed by atoms with Crippen molar-refractivity contribution in [1.82, 2.24) is 4.98 Å². The highest BCUT2D eigenvalue weighted by molar-refractivity contribution is 7.22. The second kappa shape index (κ2) is 6.65. The molecule has 0 saturated heterocycles. The number of anilines is 1. The van der Waals surface area contributed by atoms with Crippen molar-refractivity contribution in [3.05, 3.63) is 17.7 Å². The van der Waals surface area contributed by atoms with Crippen LogP contribution in [0.15, 0.2) is 12.1 Å². The second-order valence-electron chi connectivity index (χ2n) is 6.36. The van der Waals surface area contributed by atoms with E-state index in [4.69, 9.17) is 9.72 Å². The van der Waals surface area contributed by atoms with Crippen molar-refractivity contribution in [3.8, 4) is 5.75 Å². The SMILES string of the molecule is CCCNc1nc2cc(C(C)(C)C)c(OCCC)cc2s1. The molecule has 1 aromatic heterocycles. The molecule has 21 heavy (non-hydrogen) atoms. The lowest BCUT2D eigenvalue weighted by Gasteiger charge is -2.22. The average molecular weight is 306 g/mol. The van der Waals surface area contributed by atoms with Gasteiger partial charge in [0.2, 0.25) is 0 Å². The summed E-state index contributed by atoms with van der Waals surface area (Å²) in [6.45, 7) is 12.7. The summed E-state index contributed by atoms with van der Waals surface area (Å²) in [5.74, 6) is 1.00. The molecule has 0 saturated carbocycles. The molecule has 4 heteroatoms. The zero-order valence-electron chi connectivity index (χ0n) is 13.7. The number of benzene rings is 1. The van der Waals surface area contributed by atoms with Gasteiger partial charge in [-0.15, -0.1) is 0 Å². The predicted octanol–water partition coefficient (Wildman–Crippen LogP) is 5.20. The zero-order valence-corrected chi connectivity index (χ0v) is 14.6. The number of rotatable bonds is 6. The molecule has 116 valence electrons. The Morgan fingerprint density at radius 3 is 2.57 bits per heavy atom. The first-order valence-electron chi connectivity index (χ1n) is 7.77. The Balaban J connectivity index is 2.43. The molecule has 2 aromatic rings. The van der Waals surface area contributed by atoms with Crippen LogP contribution in [0.25, 0.3) is 10.2 Å². The van der Waals surface area contributed by atoms with Gasteiger partial charge in [0.25, 0.3) is 0 Å². The molecule has 1 N–H and O–H groups in total. The van der Waals surface area contributed by atoms with Gasteiger partial charge < -0.3 is 10.1 Å². The lowest BCUT2D eigenvalue weighted by atomic mass is 9.86. The summed E-state index contributed by atoms with van der Waals surface area (Å²) in [7, 11) is 0. The normalized spacial score (nSPS) is 11.9. The molecule has 0 spiro atoms. The molecule has 0 aliphatic heterocycles. The van der Waals surface area contributed by atoms with Crippen LogP contribution in [0.1, 0.15) is 53.0 Å². The Morgan fingerprint density at radius 2 is 1.95 bits per heavy atom. The molecule has 0 unspecified atom stereocenters. The molecule has 0 aliphatic carbocycles. The first-order chi connectivity index (χ1) is 9.95. The van der Waals surface area contributed by atoms with Gasteiger partial charge in [0.05, 0.1) is 16.8 Å². The topological polar surface area (TPSA) is 34.2 Å². The van der Waals surface area contributed by atoms with E-state index < -0.39 is 0 Å². The first kappa shape index (κ1) is 16.1. The molecule has 0 fully saturated rings. The minimum absolute atomic E-state index is 0.0535. The van der Waals surface area contributed by atoms with Crippen LogP contribution in [0.4, 0.5) is 5.13 Å². The van der Waals surface area contributed by atoms with Crippen LogP contribution < -0.4 is 10.1 Å². The standard InChI is InChI=1S/C17H26N2OS/c1-6-8-18-16-19-13-10-12(17(3,4)5)14(20-9-7-2)11-15(13)21-16/h10-11H,6-9H2,1-5H3,(H,18,19). The molecule has 3 nitrogen and oxygen atoms in total. The van der Waals surface area contributed by atoms with Crippen molar-refractivity contribution < 1.29 is 4.74 Å². The van der Waals surface area contributed by atoms with Crippen LogP contribution in [0.3, 0.4) is 0 Å². The van der Waals surface area contributed by atoms with Gasteiger partial charge in [-0.1, -0.05) is 46.0 Å². The number of fused-ring (bicyclic) bond motifs is 1. The van der Waals surface area contributed by atoms with Gasteiger partial charge in [-0.25, -0.2) is 4.98 Å². The second-order valence-corrected chi connectivity index (χ2v) is 7.39. The Hall–Kier alpha value is -1.29. The van der Waals surface area contributed by atoms with Crippen LogP contribution in [-0.4, -0.2) is 18.1 Å². The molecule has 0 amide bonds. The van der Waals surface area contributed by atoms with Gasteiger partial charge in [-0.2, -0.15) is 0 Å². The van der Waals surface area contributed by atoms with Crippen LogP contribution in [0, 0.1) is 0 Å². The minimum atomic E-state index is 0.0535. The quantitative estimate of drug-likeness (QED) is 0.796. The fourth-order valence-corrected chi connectivity index (χ4v) is 3.08. The summed E-state index contributed by atoms with van der Waals surface area (Å²) < 4.78 is 7.16. The third-order valence-electron chi connectivity index (χ3n) is 3.29. The highest BCUT2D eigenvalue weighted by Crippen LogP contribution is 2.37. The Morgan fingerprint density at radius 1 is 1.19 bits per heavy atom. The first-order valence-corrected chi connectivity index (χ1v) is 8.59. The molecular weight excluding hydrogens is 280 g/mol. The zero-order chi connectivity index (χ0) is 15.5. The summed E-state index contributed by atoms with van der Waals surface area (Å²) in [5.41, 5.74) is 2.35. The predicted molar refractivity (Wildman–Crippen MR) is 92.9 cm³/mol. The van der Waals surface area contributed by atoms with Gasteiger partial charge >= 0.3 is 0 Å². The lowest BCUT2D eigenvalue weighted by Crippen LogP contribution is -2.13. The fraction of sp³-hybridized carbons (Fsp3) is 0.588. The molecule has 0 bridgehead atoms. The van der Waals surface area contributed by atoms with Crippen molar-refractivity contribution in [3.63, 3.8) is 0 Å². The summed E-state index contributed by atoms with van der Waals surface area (Å²) in [5, 5.41) is 4.37. The Bertz CT molecular complexity index is 599. The highest BCUT2D eigenvalue weighted by atomic mass is 32.1. The van der Waals surface area contributed by atoms with Crippen molar-refractivity contribution in [2.24, 2.45) is 0 Å². The lowest BCUT2D eigenvalue weighted by molar-refractivity contribution is 0.309.